The van der Waals surface area contributed by atoms with Gasteiger partial charge in [0.15, 0.2) is 16.9 Å². The summed E-state index contributed by atoms with van der Waals surface area (Å²) in [5.74, 6) is 0.939. The van der Waals surface area contributed by atoms with Gasteiger partial charge in [-0.05, 0) is 61.2 Å². The molecule has 8 nitrogen and oxygen atoms in total. The molecule has 1 aromatic heterocycles. The summed E-state index contributed by atoms with van der Waals surface area (Å²) in [5, 5.41) is 0.484. The van der Waals surface area contributed by atoms with Gasteiger partial charge in [-0.3, -0.25) is 14.5 Å². The first-order chi connectivity index (χ1) is 18.4. The van der Waals surface area contributed by atoms with Crippen molar-refractivity contribution in [2.24, 2.45) is 0 Å². The largest absolute Gasteiger partial charge is 0.493 e. The molecule has 2 aromatic carbocycles. The number of morpholine rings is 1. The highest BCUT2D eigenvalue weighted by atomic mass is 16.5. The number of aryl methyl sites for hydroxylation is 2. The zero-order chi connectivity index (χ0) is 26.8. The number of carbonyl (C=O) groups is 1. The smallest absolute Gasteiger partial charge is 0.290 e. The number of amides is 1. The zero-order valence-corrected chi connectivity index (χ0v) is 22.2. The van der Waals surface area contributed by atoms with E-state index in [-0.39, 0.29) is 17.1 Å². The van der Waals surface area contributed by atoms with Crippen molar-refractivity contribution in [2.45, 2.75) is 26.3 Å². The van der Waals surface area contributed by atoms with E-state index in [1.165, 1.54) is 0 Å². The number of methoxy groups -OCH3 is 1. The first-order valence-corrected chi connectivity index (χ1v) is 13.0. The maximum absolute atomic E-state index is 13.9. The third-order valence-corrected chi connectivity index (χ3v) is 7.42. The van der Waals surface area contributed by atoms with E-state index in [2.05, 4.69) is 11.5 Å². The Morgan fingerprint density at radius 1 is 1.05 bits per heavy atom. The van der Waals surface area contributed by atoms with Crippen molar-refractivity contribution in [3.8, 4) is 11.5 Å². The van der Waals surface area contributed by atoms with Crippen molar-refractivity contribution in [3.05, 3.63) is 81.2 Å². The highest BCUT2D eigenvalue weighted by Gasteiger charge is 2.42. The maximum Gasteiger partial charge on any atom is 0.290 e. The SMILES string of the molecule is C=CCOc1ccc(C2c3c(oc4cc(C)c(C)cc4c3=O)C(=O)N2CCCN2CCOCC2)cc1OC. The molecule has 1 fully saturated rings. The number of fused-ring (bicyclic) bond motifs is 2. The fourth-order valence-electron chi connectivity index (χ4n) is 5.26. The number of hydrogen-bond acceptors (Lipinski definition) is 7. The monoisotopic (exact) mass is 518 g/mol. The standard InChI is InChI=1S/C30H34N2O6/c1-5-13-37-23-8-7-21(18-25(23)35-4)27-26-28(33)22-16-19(2)20(3)17-24(22)38-29(26)30(34)32(27)10-6-9-31-11-14-36-15-12-31/h5,7-8,16-18,27H,1,6,9-15H2,2-4H3. The Kier molecular flexibility index (Phi) is 7.53. The summed E-state index contributed by atoms with van der Waals surface area (Å²) in [4.78, 5) is 31.8. The Bertz CT molecular complexity index is 1420. The minimum absolute atomic E-state index is 0.119. The zero-order valence-electron chi connectivity index (χ0n) is 22.2. The van der Waals surface area contributed by atoms with Crippen LogP contribution in [-0.2, 0) is 4.74 Å². The normalized spacial score (nSPS) is 17.6. The lowest BCUT2D eigenvalue weighted by atomic mass is 9.97. The van der Waals surface area contributed by atoms with Crippen molar-refractivity contribution in [3.63, 3.8) is 0 Å². The van der Waals surface area contributed by atoms with Crippen LogP contribution in [0.4, 0.5) is 0 Å². The summed E-state index contributed by atoms with van der Waals surface area (Å²) in [6, 6.07) is 8.63. The van der Waals surface area contributed by atoms with Gasteiger partial charge in [0.05, 0.1) is 37.3 Å². The van der Waals surface area contributed by atoms with Crippen LogP contribution in [0.2, 0.25) is 0 Å². The van der Waals surface area contributed by atoms with Crippen molar-refractivity contribution < 1.29 is 23.4 Å². The molecule has 0 radical (unpaired) electrons. The van der Waals surface area contributed by atoms with E-state index in [0.717, 1.165) is 56.0 Å². The lowest BCUT2D eigenvalue weighted by Crippen LogP contribution is -2.38. The molecule has 1 atom stereocenters. The lowest BCUT2D eigenvalue weighted by molar-refractivity contribution is 0.0353. The predicted octanol–water partition coefficient (Wildman–Crippen LogP) is 4.25. The molecule has 5 rings (SSSR count). The number of rotatable bonds is 9. The van der Waals surface area contributed by atoms with Gasteiger partial charge in [0.2, 0.25) is 5.76 Å². The van der Waals surface area contributed by atoms with Gasteiger partial charge in [-0.15, -0.1) is 0 Å². The molecule has 0 aliphatic carbocycles. The molecule has 1 saturated heterocycles. The second kappa shape index (κ2) is 11.0. The number of hydrogen-bond donors (Lipinski definition) is 0. The third-order valence-electron chi connectivity index (χ3n) is 7.42. The van der Waals surface area contributed by atoms with E-state index in [1.807, 2.05) is 44.2 Å². The molecule has 2 aliphatic heterocycles. The summed E-state index contributed by atoms with van der Waals surface area (Å²) in [7, 11) is 1.57. The van der Waals surface area contributed by atoms with Gasteiger partial charge in [0.1, 0.15) is 12.2 Å². The van der Waals surface area contributed by atoms with Crippen LogP contribution >= 0.6 is 0 Å². The average Bonchev–Trinajstić information content (AvgIpc) is 3.20. The molecule has 2 aliphatic rings. The number of carbonyl (C=O) groups excluding carboxylic acids is 1. The van der Waals surface area contributed by atoms with Crippen LogP contribution in [0.1, 0.15) is 45.3 Å². The molecular formula is C30H34N2O6. The first kappa shape index (κ1) is 26.0. The van der Waals surface area contributed by atoms with Gasteiger partial charge in [-0.25, -0.2) is 0 Å². The molecule has 38 heavy (non-hydrogen) atoms. The predicted molar refractivity (Wildman–Crippen MR) is 145 cm³/mol. The molecule has 0 bridgehead atoms. The van der Waals surface area contributed by atoms with Crippen molar-refractivity contribution in [1.82, 2.24) is 9.80 Å². The third kappa shape index (κ3) is 4.81. The number of ether oxygens (including phenoxy) is 3. The fraction of sp³-hybridized carbons (Fsp3) is 0.400. The molecule has 8 heteroatoms. The molecular weight excluding hydrogens is 484 g/mol. The number of benzene rings is 2. The van der Waals surface area contributed by atoms with E-state index in [4.69, 9.17) is 18.6 Å². The second-order valence-electron chi connectivity index (χ2n) is 9.83. The Hall–Kier alpha value is -3.62. The molecule has 0 saturated carbocycles. The van der Waals surface area contributed by atoms with E-state index < -0.39 is 6.04 Å². The van der Waals surface area contributed by atoms with Crippen LogP contribution in [0.15, 0.2) is 52.2 Å². The minimum Gasteiger partial charge on any atom is -0.493 e. The Morgan fingerprint density at radius 3 is 2.55 bits per heavy atom. The Labute approximate surface area is 222 Å². The molecule has 1 unspecified atom stereocenters. The fourth-order valence-corrected chi connectivity index (χ4v) is 5.26. The second-order valence-corrected chi connectivity index (χ2v) is 9.83. The van der Waals surface area contributed by atoms with Crippen molar-refractivity contribution >= 4 is 16.9 Å². The Morgan fingerprint density at radius 2 is 1.82 bits per heavy atom. The van der Waals surface area contributed by atoms with Crippen LogP contribution in [0, 0.1) is 13.8 Å². The summed E-state index contributed by atoms with van der Waals surface area (Å²) in [6.45, 7) is 12.5. The van der Waals surface area contributed by atoms with Crippen LogP contribution in [0.25, 0.3) is 11.0 Å². The number of nitrogens with zero attached hydrogens (tertiary/aromatic N) is 2. The van der Waals surface area contributed by atoms with Gasteiger partial charge < -0.3 is 23.5 Å². The summed E-state index contributed by atoms with van der Waals surface area (Å²) in [5.41, 5.74) is 3.40. The minimum atomic E-state index is -0.591. The van der Waals surface area contributed by atoms with Gasteiger partial charge in [0, 0.05) is 26.2 Å². The van der Waals surface area contributed by atoms with Crippen molar-refractivity contribution in [2.75, 3.05) is 53.1 Å². The molecule has 3 aromatic rings. The van der Waals surface area contributed by atoms with E-state index in [1.54, 1.807) is 18.1 Å². The topological polar surface area (TPSA) is 81.5 Å². The van der Waals surface area contributed by atoms with Crippen LogP contribution in [0.3, 0.4) is 0 Å². The quantitative estimate of drug-likeness (QED) is 0.392. The van der Waals surface area contributed by atoms with Gasteiger partial charge in [0.25, 0.3) is 5.91 Å². The maximum atomic E-state index is 13.9. The van der Waals surface area contributed by atoms with Crippen LogP contribution in [0.5, 0.6) is 11.5 Å². The first-order valence-electron chi connectivity index (χ1n) is 13.0. The van der Waals surface area contributed by atoms with Gasteiger partial charge >= 0.3 is 0 Å². The van der Waals surface area contributed by atoms with E-state index in [0.29, 0.717) is 41.2 Å². The van der Waals surface area contributed by atoms with Gasteiger partial charge in [-0.1, -0.05) is 18.7 Å². The Balaban J connectivity index is 1.57. The lowest BCUT2D eigenvalue weighted by Gasteiger charge is -2.29. The van der Waals surface area contributed by atoms with E-state index >= 15 is 0 Å². The summed E-state index contributed by atoms with van der Waals surface area (Å²) < 4.78 is 22.9. The summed E-state index contributed by atoms with van der Waals surface area (Å²) in [6.07, 6.45) is 2.43. The average molecular weight is 519 g/mol. The molecule has 1 amide bonds. The summed E-state index contributed by atoms with van der Waals surface area (Å²) >= 11 is 0. The highest BCUT2D eigenvalue weighted by Crippen LogP contribution is 2.41. The van der Waals surface area contributed by atoms with Crippen molar-refractivity contribution in [1.29, 1.82) is 0 Å². The molecule has 0 spiro atoms. The highest BCUT2D eigenvalue weighted by molar-refractivity contribution is 5.99. The van der Waals surface area contributed by atoms with E-state index in [9.17, 15) is 9.59 Å². The molecule has 200 valence electrons. The van der Waals surface area contributed by atoms with Crippen LogP contribution < -0.4 is 14.9 Å². The molecule has 0 N–H and O–H groups in total. The van der Waals surface area contributed by atoms with Crippen LogP contribution in [-0.4, -0.2) is 68.8 Å². The molecule has 3 heterocycles. The van der Waals surface area contributed by atoms with Gasteiger partial charge in [-0.2, -0.15) is 0 Å².